The minimum absolute atomic E-state index is 0.661. The van der Waals surface area contributed by atoms with Crippen LogP contribution in [0.4, 0.5) is 0 Å². The summed E-state index contributed by atoms with van der Waals surface area (Å²) < 4.78 is 0. The lowest BCUT2D eigenvalue weighted by Crippen LogP contribution is -1.91. The second-order valence-corrected chi connectivity index (χ2v) is 3.51. The summed E-state index contributed by atoms with van der Waals surface area (Å²) in [7, 11) is 0. The molecule has 0 amide bonds. The zero-order valence-corrected chi connectivity index (χ0v) is 9.05. The van der Waals surface area contributed by atoms with Gasteiger partial charge in [0.05, 0.1) is 0 Å². The van der Waals surface area contributed by atoms with Crippen molar-refractivity contribution in [2.45, 2.75) is 13.3 Å². The fourth-order valence-corrected chi connectivity index (χ4v) is 1.40. The molecule has 0 aliphatic carbocycles. The molecule has 0 aliphatic heterocycles. The molecule has 0 N–H and O–H groups in total. The number of nitrogens with zero attached hydrogens (tertiary/aromatic N) is 2. The standard InChI is InChI=1S/C13H12N2O/c1-2-10-7-14-13(15-8-10)12-5-3-11(9-16)4-6-12/h3-9H,2H2,1H3. The first-order valence-electron chi connectivity index (χ1n) is 5.20. The van der Waals surface area contributed by atoms with E-state index in [9.17, 15) is 4.79 Å². The normalized spacial score (nSPS) is 10.1. The van der Waals surface area contributed by atoms with Gasteiger partial charge in [0.15, 0.2) is 5.82 Å². The van der Waals surface area contributed by atoms with Gasteiger partial charge in [0.2, 0.25) is 0 Å². The molecule has 0 atom stereocenters. The van der Waals surface area contributed by atoms with Crippen molar-refractivity contribution in [2.75, 3.05) is 0 Å². The Morgan fingerprint density at radius 2 is 1.75 bits per heavy atom. The van der Waals surface area contributed by atoms with Gasteiger partial charge in [-0.15, -0.1) is 0 Å². The minimum atomic E-state index is 0.661. The number of aldehydes is 1. The van der Waals surface area contributed by atoms with Crippen molar-refractivity contribution in [2.24, 2.45) is 0 Å². The van der Waals surface area contributed by atoms with Gasteiger partial charge in [0.1, 0.15) is 6.29 Å². The number of benzene rings is 1. The summed E-state index contributed by atoms with van der Waals surface area (Å²) in [6.07, 6.45) is 5.42. The molecule has 3 heteroatoms. The minimum Gasteiger partial charge on any atom is -0.298 e. The van der Waals surface area contributed by atoms with Crippen LogP contribution in [0.1, 0.15) is 22.8 Å². The van der Waals surface area contributed by atoms with Gasteiger partial charge in [-0.05, 0) is 12.0 Å². The summed E-state index contributed by atoms with van der Waals surface area (Å²) >= 11 is 0. The molecule has 0 saturated carbocycles. The lowest BCUT2D eigenvalue weighted by molar-refractivity contribution is 0.112. The third kappa shape index (κ3) is 2.14. The molecule has 1 aromatic carbocycles. The van der Waals surface area contributed by atoms with Crippen molar-refractivity contribution in [1.29, 1.82) is 0 Å². The maximum atomic E-state index is 10.5. The van der Waals surface area contributed by atoms with Crippen molar-refractivity contribution < 1.29 is 4.79 Å². The monoisotopic (exact) mass is 212 g/mol. The van der Waals surface area contributed by atoms with Crippen LogP contribution in [-0.4, -0.2) is 16.3 Å². The second-order valence-electron chi connectivity index (χ2n) is 3.51. The average Bonchev–Trinajstić information content (AvgIpc) is 2.39. The highest BCUT2D eigenvalue weighted by molar-refractivity contribution is 5.76. The van der Waals surface area contributed by atoms with Gasteiger partial charge in [-0.1, -0.05) is 31.2 Å². The van der Waals surface area contributed by atoms with Crippen molar-refractivity contribution in [1.82, 2.24) is 9.97 Å². The second kappa shape index (κ2) is 4.66. The summed E-state index contributed by atoms with van der Waals surface area (Å²) in [5, 5.41) is 0. The molecule has 3 nitrogen and oxygen atoms in total. The van der Waals surface area contributed by atoms with Crippen LogP contribution in [0.2, 0.25) is 0 Å². The largest absolute Gasteiger partial charge is 0.298 e. The Labute approximate surface area is 94.2 Å². The number of hydrogen-bond acceptors (Lipinski definition) is 3. The number of aromatic nitrogens is 2. The van der Waals surface area contributed by atoms with Crippen molar-refractivity contribution in [3.8, 4) is 11.4 Å². The van der Waals surface area contributed by atoms with Gasteiger partial charge >= 0.3 is 0 Å². The third-order valence-corrected chi connectivity index (χ3v) is 2.42. The Balaban J connectivity index is 2.31. The molecule has 0 aliphatic rings. The maximum Gasteiger partial charge on any atom is 0.159 e. The van der Waals surface area contributed by atoms with Crippen LogP contribution >= 0.6 is 0 Å². The number of aryl methyl sites for hydroxylation is 1. The van der Waals surface area contributed by atoms with E-state index in [1.807, 2.05) is 24.5 Å². The van der Waals surface area contributed by atoms with Crippen LogP contribution in [0.15, 0.2) is 36.7 Å². The molecule has 1 heterocycles. The van der Waals surface area contributed by atoms with Gasteiger partial charge in [-0.2, -0.15) is 0 Å². The highest BCUT2D eigenvalue weighted by Crippen LogP contribution is 2.14. The van der Waals surface area contributed by atoms with E-state index in [4.69, 9.17) is 0 Å². The summed E-state index contributed by atoms with van der Waals surface area (Å²) in [5.74, 6) is 0.689. The summed E-state index contributed by atoms with van der Waals surface area (Å²) in [4.78, 5) is 19.1. The van der Waals surface area contributed by atoms with E-state index in [2.05, 4.69) is 16.9 Å². The first-order chi connectivity index (χ1) is 7.83. The molecule has 0 unspecified atom stereocenters. The Kier molecular flexibility index (Phi) is 3.05. The van der Waals surface area contributed by atoms with Crippen LogP contribution in [0, 0.1) is 0 Å². The first kappa shape index (κ1) is 10.5. The predicted molar refractivity (Wildman–Crippen MR) is 62.2 cm³/mol. The van der Waals surface area contributed by atoms with Gasteiger partial charge in [0.25, 0.3) is 0 Å². The molecule has 0 radical (unpaired) electrons. The fourth-order valence-electron chi connectivity index (χ4n) is 1.40. The first-order valence-corrected chi connectivity index (χ1v) is 5.20. The van der Waals surface area contributed by atoms with E-state index in [-0.39, 0.29) is 0 Å². The SMILES string of the molecule is CCc1cnc(-c2ccc(C=O)cc2)nc1. The summed E-state index contributed by atoms with van der Waals surface area (Å²) in [6.45, 7) is 2.07. The summed E-state index contributed by atoms with van der Waals surface area (Å²) in [5.41, 5.74) is 2.70. The van der Waals surface area contributed by atoms with E-state index >= 15 is 0 Å². The molecule has 2 aromatic rings. The highest BCUT2D eigenvalue weighted by atomic mass is 16.1. The molecule has 0 saturated heterocycles. The predicted octanol–water partition coefficient (Wildman–Crippen LogP) is 2.52. The highest BCUT2D eigenvalue weighted by Gasteiger charge is 2.00. The average molecular weight is 212 g/mol. The third-order valence-electron chi connectivity index (χ3n) is 2.42. The number of hydrogen-bond donors (Lipinski definition) is 0. The molecule has 0 fully saturated rings. The molecule has 2 rings (SSSR count). The van der Waals surface area contributed by atoms with E-state index in [1.54, 1.807) is 12.1 Å². The molecule has 0 spiro atoms. The quantitative estimate of drug-likeness (QED) is 0.734. The number of rotatable bonds is 3. The van der Waals surface area contributed by atoms with Crippen molar-refractivity contribution in [3.05, 3.63) is 47.8 Å². The van der Waals surface area contributed by atoms with Crippen LogP contribution in [-0.2, 0) is 6.42 Å². The van der Waals surface area contributed by atoms with E-state index < -0.39 is 0 Å². The smallest absolute Gasteiger partial charge is 0.159 e. The van der Waals surface area contributed by atoms with Crippen LogP contribution in [0.25, 0.3) is 11.4 Å². The van der Waals surface area contributed by atoms with E-state index in [0.29, 0.717) is 11.4 Å². The van der Waals surface area contributed by atoms with Crippen LogP contribution < -0.4 is 0 Å². The van der Waals surface area contributed by atoms with Gasteiger partial charge in [0, 0.05) is 23.5 Å². The molecule has 1 aromatic heterocycles. The Bertz CT molecular complexity index is 474. The zero-order valence-electron chi connectivity index (χ0n) is 9.05. The van der Waals surface area contributed by atoms with Crippen LogP contribution in [0.3, 0.4) is 0 Å². The Morgan fingerprint density at radius 3 is 2.25 bits per heavy atom. The van der Waals surface area contributed by atoms with Gasteiger partial charge < -0.3 is 0 Å². The molecule has 16 heavy (non-hydrogen) atoms. The fraction of sp³-hybridized carbons (Fsp3) is 0.154. The topological polar surface area (TPSA) is 42.9 Å². The Morgan fingerprint density at radius 1 is 1.12 bits per heavy atom. The maximum absolute atomic E-state index is 10.5. The van der Waals surface area contributed by atoms with Crippen molar-refractivity contribution >= 4 is 6.29 Å². The Hall–Kier alpha value is -2.03. The molecular formula is C13H12N2O. The zero-order chi connectivity index (χ0) is 11.4. The van der Waals surface area contributed by atoms with Crippen molar-refractivity contribution in [3.63, 3.8) is 0 Å². The molecular weight excluding hydrogens is 200 g/mol. The number of carbonyl (C=O) groups excluding carboxylic acids is 1. The summed E-state index contributed by atoms with van der Waals surface area (Å²) in [6, 6.07) is 7.23. The molecule has 0 bridgehead atoms. The van der Waals surface area contributed by atoms with E-state index in [0.717, 1.165) is 23.8 Å². The molecule has 80 valence electrons. The lowest BCUT2D eigenvalue weighted by atomic mass is 10.1. The van der Waals surface area contributed by atoms with E-state index in [1.165, 1.54) is 0 Å². The van der Waals surface area contributed by atoms with Gasteiger partial charge in [-0.3, -0.25) is 4.79 Å². The lowest BCUT2D eigenvalue weighted by Gasteiger charge is -2.01. The van der Waals surface area contributed by atoms with Crippen LogP contribution in [0.5, 0.6) is 0 Å². The van der Waals surface area contributed by atoms with Gasteiger partial charge in [-0.25, -0.2) is 9.97 Å². The number of carbonyl (C=O) groups is 1.